The predicted molar refractivity (Wildman–Crippen MR) is 55.5 cm³/mol. The Morgan fingerprint density at radius 2 is 2.15 bits per heavy atom. The van der Waals surface area contributed by atoms with Gasteiger partial charge in [0.2, 0.25) is 0 Å². The third kappa shape index (κ3) is 1.68. The summed E-state index contributed by atoms with van der Waals surface area (Å²) >= 11 is 1.66. The van der Waals surface area contributed by atoms with Gasteiger partial charge in [0.25, 0.3) is 0 Å². The molecule has 1 aliphatic rings. The van der Waals surface area contributed by atoms with Crippen LogP contribution in [0.25, 0.3) is 4.91 Å². The van der Waals surface area contributed by atoms with E-state index in [9.17, 15) is 0 Å². The zero-order valence-electron chi connectivity index (χ0n) is 7.34. The quantitative estimate of drug-likeness (QED) is 0.730. The van der Waals surface area contributed by atoms with Gasteiger partial charge in [0.15, 0.2) is 0 Å². The molecule has 0 aliphatic carbocycles. The first kappa shape index (κ1) is 8.59. The largest absolute Gasteiger partial charge is 0.355 e. The summed E-state index contributed by atoms with van der Waals surface area (Å²) in [5, 5.41) is 0. The van der Waals surface area contributed by atoms with Crippen molar-refractivity contribution in [2.75, 3.05) is 7.05 Å². The summed E-state index contributed by atoms with van der Waals surface area (Å²) in [6.45, 7) is 0. The molecule has 1 unspecified atom stereocenters. The normalized spacial score (nSPS) is 21.8. The Balaban J connectivity index is 2.25. The van der Waals surface area contributed by atoms with Crippen molar-refractivity contribution in [3.05, 3.63) is 36.3 Å². The smallest absolute Gasteiger partial charge is 0.129 e. The van der Waals surface area contributed by atoms with Crippen LogP contribution in [0.4, 0.5) is 0 Å². The van der Waals surface area contributed by atoms with Crippen molar-refractivity contribution in [1.82, 2.24) is 9.88 Å². The molecule has 0 saturated carbocycles. The van der Waals surface area contributed by atoms with E-state index >= 15 is 0 Å². The molecule has 13 heavy (non-hydrogen) atoms. The Labute approximate surface area is 81.6 Å². The van der Waals surface area contributed by atoms with Gasteiger partial charge in [-0.15, -0.1) is 0 Å². The summed E-state index contributed by atoms with van der Waals surface area (Å²) in [5.41, 5.74) is 7.05. The minimum absolute atomic E-state index is 0.0446. The number of pyridine rings is 1. The van der Waals surface area contributed by atoms with Crippen molar-refractivity contribution in [2.24, 2.45) is 5.73 Å². The molecule has 0 spiro atoms. The summed E-state index contributed by atoms with van der Waals surface area (Å²) in [7, 11) is 1.98. The maximum Gasteiger partial charge on any atom is 0.129 e. The fourth-order valence-corrected chi connectivity index (χ4v) is 2.15. The highest BCUT2D eigenvalue weighted by Crippen LogP contribution is 2.35. The molecule has 0 fully saturated rings. The Hall–Kier alpha value is -1.00. The SMILES string of the molecule is CN1C=C(c2ccncc2)SC1N. The van der Waals surface area contributed by atoms with Crippen molar-refractivity contribution in [1.29, 1.82) is 0 Å². The van der Waals surface area contributed by atoms with Crippen LogP contribution in [0.5, 0.6) is 0 Å². The van der Waals surface area contributed by atoms with E-state index in [0.29, 0.717) is 0 Å². The minimum Gasteiger partial charge on any atom is -0.355 e. The van der Waals surface area contributed by atoms with Crippen LogP contribution >= 0.6 is 11.8 Å². The first-order chi connectivity index (χ1) is 6.27. The molecule has 0 aromatic carbocycles. The molecule has 0 radical (unpaired) electrons. The highest BCUT2D eigenvalue weighted by atomic mass is 32.2. The number of aromatic nitrogens is 1. The van der Waals surface area contributed by atoms with Gasteiger partial charge in [-0.1, -0.05) is 11.8 Å². The van der Waals surface area contributed by atoms with Gasteiger partial charge in [-0.05, 0) is 17.7 Å². The molecule has 3 nitrogen and oxygen atoms in total. The second-order valence-corrected chi connectivity index (χ2v) is 4.06. The van der Waals surface area contributed by atoms with Gasteiger partial charge in [-0.25, -0.2) is 0 Å². The van der Waals surface area contributed by atoms with Gasteiger partial charge < -0.3 is 10.6 Å². The van der Waals surface area contributed by atoms with E-state index in [4.69, 9.17) is 5.73 Å². The lowest BCUT2D eigenvalue weighted by molar-refractivity contribution is 0.447. The van der Waals surface area contributed by atoms with Crippen molar-refractivity contribution in [3.8, 4) is 0 Å². The van der Waals surface area contributed by atoms with Crippen LogP contribution in [0.15, 0.2) is 30.7 Å². The standard InChI is InChI=1S/C9H11N3S/c1-12-6-8(13-9(12)10)7-2-4-11-5-3-7/h2-6,9H,10H2,1H3. The molecular formula is C9H11N3S. The van der Waals surface area contributed by atoms with Crippen LogP contribution in [0.1, 0.15) is 5.56 Å². The predicted octanol–water partition coefficient (Wildman–Crippen LogP) is 1.30. The van der Waals surface area contributed by atoms with Crippen molar-refractivity contribution >= 4 is 16.7 Å². The summed E-state index contributed by atoms with van der Waals surface area (Å²) in [6, 6.07) is 3.98. The Morgan fingerprint density at radius 3 is 2.69 bits per heavy atom. The topological polar surface area (TPSA) is 42.2 Å². The average molecular weight is 193 g/mol. The molecule has 4 heteroatoms. The highest BCUT2D eigenvalue weighted by Gasteiger charge is 2.18. The summed E-state index contributed by atoms with van der Waals surface area (Å²) in [4.78, 5) is 7.18. The molecule has 1 aromatic heterocycles. The maximum absolute atomic E-state index is 5.83. The first-order valence-corrected chi connectivity index (χ1v) is 4.92. The lowest BCUT2D eigenvalue weighted by Crippen LogP contribution is -2.28. The van der Waals surface area contributed by atoms with Gasteiger partial charge in [0, 0.05) is 30.5 Å². The van der Waals surface area contributed by atoms with Crippen LogP contribution in [0.2, 0.25) is 0 Å². The summed E-state index contributed by atoms with van der Waals surface area (Å²) in [5.74, 6) is 0. The number of nitrogens with zero attached hydrogens (tertiary/aromatic N) is 2. The molecule has 2 rings (SSSR count). The number of thioether (sulfide) groups is 1. The number of nitrogens with two attached hydrogens (primary N) is 1. The molecule has 2 heterocycles. The van der Waals surface area contributed by atoms with Gasteiger partial charge in [-0.3, -0.25) is 4.98 Å². The lowest BCUT2D eigenvalue weighted by Gasteiger charge is -2.12. The highest BCUT2D eigenvalue weighted by molar-refractivity contribution is 8.09. The van der Waals surface area contributed by atoms with E-state index in [1.54, 1.807) is 24.2 Å². The van der Waals surface area contributed by atoms with Crippen LogP contribution in [0, 0.1) is 0 Å². The zero-order chi connectivity index (χ0) is 9.26. The lowest BCUT2D eigenvalue weighted by atomic mass is 10.2. The Bertz CT molecular complexity index is 323. The first-order valence-electron chi connectivity index (χ1n) is 4.04. The van der Waals surface area contributed by atoms with E-state index in [-0.39, 0.29) is 5.50 Å². The molecular weight excluding hydrogens is 182 g/mol. The van der Waals surface area contributed by atoms with E-state index < -0.39 is 0 Å². The van der Waals surface area contributed by atoms with E-state index in [1.165, 1.54) is 10.5 Å². The molecule has 0 bridgehead atoms. The van der Waals surface area contributed by atoms with Gasteiger partial charge >= 0.3 is 0 Å². The number of hydrogen-bond donors (Lipinski definition) is 1. The summed E-state index contributed by atoms with van der Waals surface area (Å²) in [6.07, 6.45) is 5.64. The molecule has 1 atom stereocenters. The fraction of sp³-hybridized carbons (Fsp3) is 0.222. The van der Waals surface area contributed by atoms with Crippen molar-refractivity contribution in [3.63, 3.8) is 0 Å². The molecule has 0 saturated heterocycles. The third-order valence-electron chi connectivity index (χ3n) is 1.93. The molecule has 1 aliphatic heterocycles. The Kier molecular flexibility index (Phi) is 2.24. The minimum atomic E-state index is 0.0446. The van der Waals surface area contributed by atoms with E-state index in [1.807, 2.05) is 24.1 Å². The van der Waals surface area contributed by atoms with Crippen LogP contribution in [-0.2, 0) is 0 Å². The Morgan fingerprint density at radius 1 is 1.46 bits per heavy atom. The number of hydrogen-bond acceptors (Lipinski definition) is 4. The zero-order valence-corrected chi connectivity index (χ0v) is 8.16. The second-order valence-electron chi connectivity index (χ2n) is 2.90. The van der Waals surface area contributed by atoms with Crippen molar-refractivity contribution < 1.29 is 0 Å². The van der Waals surface area contributed by atoms with E-state index in [2.05, 4.69) is 11.2 Å². The van der Waals surface area contributed by atoms with Gasteiger partial charge in [0.1, 0.15) is 5.50 Å². The fourth-order valence-electron chi connectivity index (χ4n) is 1.16. The maximum atomic E-state index is 5.83. The van der Waals surface area contributed by atoms with Crippen molar-refractivity contribution in [2.45, 2.75) is 5.50 Å². The van der Waals surface area contributed by atoms with E-state index in [0.717, 1.165) is 0 Å². The average Bonchev–Trinajstić information content (AvgIpc) is 2.49. The van der Waals surface area contributed by atoms with Crippen LogP contribution in [-0.4, -0.2) is 22.4 Å². The molecule has 68 valence electrons. The summed E-state index contributed by atoms with van der Waals surface area (Å²) < 4.78 is 0. The third-order valence-corrected chi connectivity index (χ3v) is 3.10. The van der Waals surface area contributed by atoms with Gasteiger partial charge in [-0.2, -0.15) is 0 Å². The molecule has 0 amide bonds. The van der Waals surface area contributed by atoms with Crippen LogP contribution < -0.4 is 5.73 Å². The van der Waals surface area contributed by atoms with Crippen LogP contribution in [0.3, 0.4) is 0 Å². The number of rotatable bonds is 1. The second kappa shape index (κ2) is 3.40. The molecule has 2 N–H and O–H groups in total. The monoisotopic (exact) mass is 193 g/mol. The molecule has 1 aromatic rings. The van der Waals surface area contributed by atoms with Gasteiger partial charge in [0.05, 0.1) is 0 Å².